The Kier molecular flexibility index (Phi) is 17.9. The fourth-order valence-corrected chi connectivity index (χ4v) is 8.56. The molecular formula is C48H57O29+. The third-order valence-corrected chi connectivity index (χ3v) is 13.0. The number of benzene rings is 3. The van der Waals surface area contributed by atoms with Gasteiger partial charge in [-0.1, -0.05) is 12.1 Å². The van der Waals surface area contributed by atoms with Crippen LogP contribution in [0.3, 0.4) is 0 Å². The van der Waals surface area contributed by atoms with Gasteiger partial charge in [0, 0.05) is 30.3 Å². The van der Waals surface area contributed by atoms with E-state index in [4.69, 9.17) is 47.0 Å². The highest BCUT2D eigenvalue weighted by Crippen LogP contribution is 2.47. The lowest BCUT2D eigenvalue weighted by molar-refractivity contribution is -0.279. The second-order valence-corrected chi connectivity index (χ2v) is 18.2. The molecule has 4 saturated heterocycles. The number of hydrogen-bond acceptors (Lipinski definition) is 28. The van der Waals surface area contributed by atoms with Crippen LogP contribution in [0.15, 0.2) is 65.1 Å². The molecule has 1 aromatic heterocycles. The van der Waals surface area contributed by atoms with Crippen molar-refractivity contribution in [3.8, 4) is 51.6 Å². The Labute approximate surface area is 433 Å². The molecule has 4 aliphatic heterocycles. The van der Waals surface area contributed by atoms with E-state index in [1.165, 1.54) is 30.3 Å². The number of carbonyl (C=O) groups is 1. The zero-order valence-electron chi connectivity index (χ0n) is 39.8. The number of hydrogen-bond donors (Lipinski definition) is 18. The third kappa shape index (κ3) is 12.1. The molecular weight excluding hydrogens is 1040 g/mol. The molecule has 0 amide bonds. The first-order valence-corrected chi connectivity index (χ1v) is 23.6. The Morgan fingerprint density at radius 3 is 1.40 bits per heavy atom. The minimum absolute atomic E-state index is 0.129. The molecule has 4 aromatic rings. The molecule has 3 aromatic carbocycles. The van der Waals surface area contributed by atoms with E-state index in [-0.39, 0.29) is 22.3 Å². The summed E-state index contributed by atoms with van der Waals surface area (Å²) in [6.45, 7) is -3.24. The molecule has 4 aliphatic rings. The quantitative estimate of drug-likeness (QED) is 0.0283. The van der Waals surface area contributed by atoms with Crippen molar-refractivity contribution in [3.05, 3.63) is 66.2 Å². The lowest BCUT2D eigenvalue weighted by Crippen LogP contribution is -2.60. The van der Waals surface area contributed by atoms with Crippen molar-refractivity contribution in [1.82, 2.24) is 0 Å². The van der Waals surface area contributed by atoms with E-state index >= 15 is 0 Å². The van der Waals surface area contributed by atoms with E-state index in [2.05, 4.69) is 0 Å². The van der Waals surface area contributed by atoms with Crippen LogP contribution in [0.5, 0.6) is 40.2 Å². The standard InChI is InChI=1S/C48H56O29/c49-12-26-32(56)36(60)40(64)45(74-26)69-19-4-1-16(2-5-19)3-6-30(54)68-15-29-35(59)39(63)43(67)47(77-29)72-24-8-17(7-23(31(24)55)71-46-41(65)37(61)33(57)27(13-50)75-46)44-25(11-20-21(53)9-18(52)10-22(20)70-44)73-48-42(66)38(62)34(58)28(14-51)76-48/h1-11,26-29,32-43,45-51,56-67H,12-15H2,(H2-,52,53,55)/p+1. The SMILES string of the molecule is O=C(C=Cc1ccc(OC2OC(CO)C(O)C(O)C2O)cc1)OCC1OC(Oc2cc(-c3[o+]c4cc(O)cc(O)c4cc3OC3OC(CO)C(O)C(O)C3O)cc(OC3OC(CO)C(O)C(O)C3O)c2O)C(O)C(O)C1O. The molecule has 5 heterocycles. The summed E-state index contributed by atoms with van der Waals surface area (Å²) in [4.78, 5) is 12.9. The minimum Gasteiger partial charge on any atom is -0.507 e. The molecule has 29 heteroatoms. The summed E-state index contributed by atoms with van der Waals surface area (Å²) in [7, 11) is 0. The van der Waals surface area contributed by atoms with Crippen LogP contribution in [0.1, 0.15) is 5.56 Å². The second kappa shape index (κ2) is 24.0. The van der Waals surface area contributed by atoms with Gasteiger partial charge in [-0.05, 0) is 23.8 Å². The van der Waals surface area contributed by atoms with E-state index in [0.29, 0.717) is 5.56 Å². The Morgan fingerprint density at radius 1 is 0.506 bits per heavy atom. The van der Waals surface area contributed by atoms with Gasteiger partial charge in [0.15, 0.2) is 11.5 Å². The van der Waals surface area contributed by atoms with Gasteiger partial charge in [-0.2, -0.15) is 0 Å². The topological polar surface area (TPSA) is 476 Å². The van der Waals surface area contributed by atoms with Crippen LogP contribution >= 0.6 is 0 Å². The van der Waals surface area contributed by atoms with Crippen molar-refractivity contribution in [2.75, 3.05) is 26.4 Å². The maximum absolute atomic E-state index is 12.9. The van der Waals surface area contributed by atoms with Crippen LogP contribution in [0, 0.1) is 0 Å². The number of aliphatic hydroxyl groups is 15. The zero-order chi connectivity index (χ0) is 55.7. The van der Waals surface area contributed by atoms with Crippen molar-refractivity contribution in [1.29, 1.82) is 0 Å². The Morgan fingerprint density at radius 2 is 0.935 bits per heavy atom. The van der Waals surface area contributed by atoms with Gasteiger partial charge in [-0.15, -0.1) is 0 Å². The maximum Gasteiger partial charge on any atom is 0.402 e. The first-order chi connectivity index (χ1) is 36.6. The molecule has 0 radical (unpaired) electrons. The fraction of sp³-hybridized carbons (Fsp3) is 0.500. The number of aliphatic hydroxyl groups excluding tert-OH is 15. The van der Waals surface area contributed by atoms with Gasteiger partial charge in [0.2, 0.25) is 36.7 Å². The number of rotatable bonds is 16. The molecule has 0 aliphatic carbocycles. The summed E-state index contributed by atoms with van der Waals surface area (Å²) in [6, 6.07) is 10.8. The Balaban J connectivity index is 1.06. The third-order valence-electron chi connectivity index (χ3n) is 13.0. The predicted octanol–water partition coefficient (Wildman–Crippen LogP) is -5.52. The maximum atomic E-state index is 12.9. The number of phenolic OH excluding ortho intramolecular Hbond substituents is 3. The largest absolute Gasteiger partial charge is 0.507 e. The van der Waals surface area contributed by atoms with Crippen molar-refractivity contribution in [3.63, 3.8) is 0 Å². The first-order valence-electron chi connectivity index (χ1n) is 23.6. The summed E-state index contributed by atoms with van der Waals surface area (Å²) in [5.74, 6) is -5.46. The predicted molar refractivity (Wildman–Crippen MR) is 248 cm³/mol. The summed E-state index contributed by atoms with van der Waals surface area (Å²) >= 11 is 0. The van der Waals surface area contributed by atoms with Gasteiger partial charge in [0.25, 0.3) is 0 Å². The molecule has 0 spiro atoms. The van der Waals surface area contributed by atoms with Gasteiger partial charge in [0.1, 0.15) is 127 Å². The Hall–Kier alpha value is -5.88. The van der Waals surface area contributed by atoms with Crippen LogP contribution in [-0.4, -0.2) is 247 Å². The van der Waals surface area contributed by atoms with Gasteiger partial charge < -0.3 is 135 Å². The fourth-order valence-electron chi connectivity index (χ4n) is 8.56. The molecule has 4 fully saturated rings. The highest BCUT2D eigenvalue weighted by Gasteiger charge is 2.50. The van der Waals surface area contributed by atoms with Crippen LogP contribution in [0.25, 0.3) is 28.4 Å². The van der Waals surface area contributed by atoms with Crippen LogP contribution < -0.4 is 18.9 Å². The summed E-state index contributed by atoms with van der Waals surface area (Å²) in [5.41, 5.74) is -0.180. The molecule has 77 heavy (non-hydrogen) atoms. The summed E-state index contributed by atoms with van der Waals surface area (Å²) in [5, 5.41) is 189. The van der Waals surface area contributed by atoms with E-state index < -0.39 is 195 Å². The van der Waals surface area contributed by atoms with Gasteiger partial charge >= 0.3 is 17.3 Å². The normalized spacial score (nSPS) is 35.6. The minimum atomic E-state index is -2.15. The number of esters is 1. The highest BCUT2D eigenvalue weighted by atomic mass is 16.7. The first kappa shape index (κ1) is 57.3. The average molecular weight is 1100 g/mol. The number of aromatic hydroxyl groups is 3. The zero-order valence-corrected chi connectivity index (χ0v) is 39.8. The molecule has 8 rings (SSSR count). The molecule has 0 bridgehead atoms. The van der Waals surface area contributed by atoms with Gasteiger partial charge in [-0.3, -0.25) is 0 Å². The van der Waals surface area contributed by atoms with Crippen molar-refractivity contribution >= 4 is 23.0 Å². The molecule has 20 unspecified atom stereocenters. The lowest BCUT2D eigenvalue weighted by Gasteiger charge is -2.40. The molecule has 20 atom stereocenters. The van der Waals surface area contributed by atoms with Gasteiger partial charge in [-0.25, -0.2) is 9.21 Å². The molecule has 18 N–H and O–H groups in total. The monoisotopic (exact) mass is 1100 g/mol. The van der Waals surface area contributed by atoms with Crippen molar-refractivity contribution in [2.45, 2.75) is 123 Å². The summed E-state index contributed by atoms with van der Waals surface area (Å²) < 4.78 is 56.6. The van der Waals surface area contributed by atoms with Gasteiger partial charge in [0.05, 0.1) is 31.5 Å². The van der Waals surface area contributed by atoms with Crippen LogP contribution in [0.4, 0.5) is 0 Å². The molecule has 422 valence electrons. The van der Waals surface area contributed by atoms with Crippen LogP contribution in [-0.2, 0) is 28.5 Å². The van der Waals surface area contributed by atoms with E-state index in [1.54, 1.807) is 0 Å². The molecule has 0 saturated carbocycles. The van der Waals surface area contributed by atoms with Crippen LogP contribution in [0.2, 0.25) is 0 Å². The highest BCUT2D eigenvalue weighted by molar-refractivity contribution is 5.89. The number of carbonyl (C=O) groups excluding carboxylic acids is 1. The smallest absolute Gasteiger partial charge is 0.402 e. The van der Waals surface area contributed by atoms with Crippen molar-refractivity contribution < 1.29 is 144 Å². The summed E-state index contributed by atoms with van der Waals surface area (Å²) in [6.07, 6.45) is -33.9. The van der Waals surface area contributed by atoms with E-state index in [0.717, 1.165) is 36.4 Å². The van der Waals surface area contributed by atoms with E-state index in [1.807, 2.05) is 0 Å². The second-order valence-electron chi connectivity index (χ2n) is 18.2. The van der Waals surface area contributed by atoms with E-state index in [9.17, 15) is 96.7 Å². The lowest BCUT2D eigenvalue weighted by atomic mass is 9.99. The Bertz CT molecular complexity index is 2690. The number of ether oxygens (including phenoxy) is 9. The average Bonchev–Trinajstić information content (AvgIpc) is 3.42. The number of phenols is 3. The van der Waals surface area contributed by atoms with Crippen molar-refractivity contribution in [2.24, 2.45) is 0 Å². The molecule has 29 nitrogen and oxygen atoms in total. The number of fused-ring (bicyclic) bond motifs is 1.